The van der Waals surface area contributed by atoms with E-state index < -0.39 is 5.60 Å². The van der Waals surface area contributed by atoms with Crippen LogP contribution < -0.4 is 0 Å². The molecule has 0 aliphatic carbocycles. The largest absolute Gasteiger partial charge is 0.389 e. The molecule has 0 heterocycles. The Morgan fingerprint density at radius 3 is 2.24 bits per heavy atom. The highest BCUT2D eigenvalue weighted by molar-refractivity contribution is 5.21. The zero-order valence-corrected chi connectivity index (χ0v) is 11.7. The second-order valence-electron chi connectivity index (χ2n) is 5.67. The molecular formula is C15H25NO. The molecule has 1 rings (SSSR count). The minimum atomic E-state index is -0.626. The Bertz CT molecular complexity index is 340. The summed E-state index contributed by atoms with van der Waals surface area (Å²) in [4.78, 5) is 2.17. The summed E-state index contributed by atoms with van der Waals surface area (Å²) in [6.07, 6.45) is 0. The van der Waals surface area contributed by atoms with Crippen LogP contribution in [0.15, 0.2) is 24.3 Å². The molecular weight excluding hydrogens is 210 g/mol. The third-order valence-corrected chi connectivity index (χ3v) is 3.41. The van der Waals surface area contributed by atoms with Gasteiger partial charge in [-0.1, -0.05) is 43.7 Å². The van der Waals surface area contributed by atoms with Gasteiger partial charge in [0.05, 0.1) is 5.60 Å². The number of hydrogen-bond acceptors (Lipinski definition) is 2. The Kier molecular flexibility index (Phi) is 4.72. The van der Waals surface area contributed by atoms with E-state index in [0.717, 1.165) is 6.54 Å². The third-order valence-electron chi connectivity index (χ3n) is 3.41. The van der Waals surface area contributed by atoms with Crippen molar-refractivity contribution in [2.24, 2.45) is 5.92 Å². The van der Waals surface area contributed by atoms with Crippen LogP contribution in [-0.2, 0) is 6.54 Å². The number of aliphatic hydroxyl groups is 1. The average molecular weight is 235 g/mol. The lowest BCUT2D eigenvalue weighted by Gasteiger charge is -2.32. The zero-order chi connectivity index (χ0) is 13.1. The van der Waals surface area contributed by atoms with Crippen molar-refractivity contribution in [1.82, 2.24) is 4.90 Å². The SMILES string of the molecule is Cc1ccc(CN(C)CC(C)(O)C(C)C)cc1. The van der Waals surface area contributed by atoms with E-state index in [1.165, 1.54) is 11.1 Å². The molecule has 0 saturated heterocycles. The lowest BCUT2D eigenvalue weighted by atomic mass is 9.92. The second kappa shape index (κ2) is 5.65. The van der Waals surface area contributed by atoms with E-state index >= 15 is 0 Å². The van der Waals surface area contributed by atoms with Crippen molar-refractivity contribution in [3.63, 3.8) is 0 Å². The zero-order valence-electron chi connectivity index (χ0n) is 11.7. The minimum absolute atomic E-state index is 0.267. The summed E-state index contributed by atoms with van der Waals surface area (Å²) in [5, 5.41) is 10.2. The number of nitrogens with zero attached hydrogens (tertiary/aromatic N) is 1. The van der Waals surface area contributed by atoms with E-state index in [1.807, 2.05) is 6.92 Å². The van der Waals surface area contributed by atoms with Gasteiger partial charge in [-0.2, -0.15) is 0 Å². The maximum atomic E-state index is 10.2. The molecule has 96 valence electrons. The van der Waals surface area contributed by atoms with Crippen LogP contribution in [0.2, 0.25) is 0 Å². The van der Waals surface area contributed by atoms with Crippen molar-refractivity contribution < 1.29 is 5.11 Å². The first kappa shape index (κ1) is 14.2. The molecule has 0 aliphatic rings. The molecule has 0 bridgehead atoms. The van der Waals surface area contributed by atoms with Gasteiger partial charge in [0.1, 0.15) is 0 Å². The van der Waals surface area contributed by atoms with Gasteiger partial charge in [-0.15, -0.1) is 0 Å². The van der Waals surface area contributed by atoms with Crippen LogP contribution >= 0.6 is 0 Å². The second-order valence-corrected chi connectivity index (χ2v) is 5.67. The number of hydrogen-bond donors (Lipinski definition) is 1. The summed E-state index contributed by atoms with van der Waals surface area (Å²) >= 11 is 0. The summed E-state index contributed by atoms with van der Waals surface area (Å²) in [6, 6.07) is 8.55. The van der Waals surface area contributed by atoms with Gasteiger partial charge in [-0.05, 0) is 32.4 Å². The van der Waals surface area contributed by atoms with Gasteiger partial charge in [0.2, 0.25) is 0 Å². The Morgan fingerprint density at radius 1 is 1.24 bits per heavy atom. The van der Waals surface area contributed by atoms with Gasteiger partial charge in [-0.25, -0.2) is 0 Å². The molecule has 0 amide bonds. The van der Waals surface area contributed by atoms with Gasteiger partial charge in [0, 0.05) is 13.1 Å². The molecule has 1 aromatic rings. The number of aryl methyl sites for hydroxylation is 1. The van der Waals surface area contributed by atoms with Gasteiger partial charge in [0.15, 0.2) is 0 Å². The summed E-state index contributed by atoms with van der Waals surface area (Å²) in [7, 11) is 2.05. The van der Waals surface area contributed by atoms with Crippen molar-refractivity contribution in [1.29, 1.82) is 0 Å². The van der Waals surface area contributed by atoms with E-state index in [0.29, 0.717) is 6.54 Å². The average Bonchev–Trinajstić information content (AvgIpc) is 2.20. The molecule has 0 spiro atoms. The maximum Gasteiger partial charge on any atom is 0.0768 e. The van der Waals surface area contributed by atoms with Gasteiger partial charge in [0.25, 0.3) is 0 Å². The molecule has 0 aromatic heterocycles. The molecule has 1 aromatic carbocycles. The van der Waals surface area contributed by atoms with Gasteiger partial charge >= 0.3 is 0 Å². The molecule has 17 heavy (non-hydrogen) atoms. The Labute approximate surface area is 105 Å². The normalized spacial score (nSPS) is 15.3. The van der Waals surface area contributed by atoms with Crippen molar-refractivity contribution in [3.05, 3.63) is 35.4 Å². The monoisotopic (exact) mass is 235 g/mol. The number of rotatable bonds is 5. The van der Waals surface area contributed by atoms with E-state index in [9.17, 15) is 5.11 Å². The van der Waals surface area contributed by atoms with Crippen LogP contribution in [0.25, 0.3) is 0 Å². The quantitative estimate of drug-likeness (QED) is 0.848. The van der Waals surface area contributed by atoms with Crippen LogP contribution in [-0.4, -0.2) is 29.2 Å². The minimum Gasteiger partial charge on any atom is -0.389 e. The number of benzene rings is 1. The molecule has 1 unspecified atom stereocenters. The fraction of sp³-hybridized carbons (Fsp3) is 0.600. The molecule has 1 atom stereocenters. The van der Waals surface area contributed by atoms with Crippen LogP contribution in [0.4, 0.5) is 0 Å². The highest BCUT2D eigenvalue weighted by Gasteiger charge is 2.26. The topological polar surface area (TPSA) is 23.5 Å². The maximum absolute atomic E-state index is 10.2. The predicted molar refractivity (Wildman–Crippen MR) is 73.0 cm³/mol. The molecule has 0 aliphatic heterocycles. The first-order valence-corrected chi connectivity index (χ1v) is 6.28. The lowest BCUT2D eigenvalue weighted by molar-refractivity contribution is -0.0146. The molecule has 2 heteroatoms. The molecule has 1 N–H and O–H groups in total. The Balaban J connectivity index is 2.55. The van der Waals surface area contributed by atoms with E-state index in [1.54, 1.807) is 0 Å². The Morgan fingerprint density at radius 2 is 1.76 bits per heavy atom. The standard InChI is InChI=1S/C15H25NO/c1-12(2)15(4,17)11-16(5)10-14-8-6-13(3)7-9-14/h6-9,12,17H,10-11H2,1-5H3. The van der Waals surface area contributed by atoms with Crippen LogP contribution in [0.1, 0.15) is 31.9 Å². The third kappa shape index (κ3) is 4.49. The van der Waals surface area contributed by atoms with Crippen LogP contribution in [0.5, 0.6) is 0 Å². The van der Waals surface area contributed by atoms with Crippen molar-refractivity contribution >= 4 is 0 Å². The molecule has 2 nitrogen and oxygen atoms in total. The van der Waals surface area contributed by atoms with Crippen molar-refractivity contribution in [2.45, 2.75) is 39.8 Å². The lowest BCUT2D eigenvalue weighted by Crippen LogP contribution is -2.42. The smallest absolute Gasteiger partial charge is 0.0768 e. The first-order chi connectivity index (χ1) is 7.81. The molecule has 0 saturated carbocycles. The fourth-order valence-electron chi connectivity index (χ4n) is 1.79. The van der Waals surface area contributed by atoms with Gasteiger partial charge in [-0.3, -0.25) is 4.90 Å². The van der Waals surface area contributed by atoms with E-state index in [2.05, 4.69) is 57.0 Å². The summed E-state index contributed by atoms with van der Waals surface area (Å²) in [6.45, 7) is 9.68. The van der Waals surface area contributed by atoms with Gasteiger partial charge < -0.3 is 5.11 Å². The summed E-state index contributed by atoms with van der Waals surface area (Å²) in [5.41, 5.74) is 1.95. The molecule has 0 radical (unpaired) electrons. The highest BCUT2D eigenvalue weighted by atomic mass is 16.3. The summed E-state index contributed by atoms with van der Waals surface area (Å²) in [5.74, 6) is 0.267. The first-order valence-electron chi connectivity index (χ1n) is 6.28. The molecule has 0 fully saturated rings. The predicted octanol–water partition coefficient (Wildman–Crippen LogP) is 2.83. The number of likely N-dealkylation sites (N-methyl/N-ethyl adjacent to an activating group) is 1. The van der Waals surface area contributed by atoms with E-state index in [4.69, 9.17) is 0 Å². The highest BCUT2D eigenvalue weighted by Crippen LogP contribution is 2.18. The van der Waals surface area contributed by atoms with Crippen LogP contribution in [0.3, 0.4) is 0 Å². The fourth-order valence-corrected chi connectivity index (χ4v) is 1.79. The van der Waals surface area contributed by atoms with Crippen LogP contribution in [0, 0.1) is 12.8 Å². The van der Waals surface area contributed by atoms with E-state index in [-0.39, 0.29) is 5.92 Å². The van der Waals surface area contributed by atoms with Crippen molar-refractivity contribution in [2.75, 3.05) is 13.6 Å². The summed E-state index contributed by atoms with van der Waals surface area (Å²) < 4.78 is 0. The Hall–Kier alpha value is -0.860. The van der Waals surface area contributed by atoms with Crippen molar-refractivity contribution in [3.8, 4) is 0 Å².